The number of nitrogens with one attached hydrogen (secondary N) is 2. The summed E-state index contributed by atoms with van der Waals surface area (Å²) in [6.45, 7) is 9.88. The maximum atomic E-state index is 13.0. The lowest BCUT2D eigenvalue weighted by Crippen LogP contribution is -2.34. The third-order valence-electron chi connectivity index (χ3n) is 8.38. The van der Waals surface area contributed by atoms with Crippen molar-refractivity contribution < 1.29 is 14.4 Å². The number of fused-ring (bicyclic) bond motifs is 1. The van der Waals surface area contributed by atoms with Crippen molar-refractivity contribution in [3.8, 4) is 0 Å². The minimum Gasteiger partial charge on any atom is -0.354 e. The van der Waals surface area contributed by atoms with Gasteiger partial charge in [0.15, 0.2) is 5.78 Å². The zero-order chi connectivity index (χ0) is 29.5. The molecule has 1 fully saturated rings. The summed E-state index contributed by atoms with van der Waals surface area (Å²) in [6, 6.07) is 13.3. The number of carbonyl (C=O) groups is 3. The Morgan fingerprint density at radius 1 is 0.878 bits per heavy atom. The molecule has 1 aliphatic carbocycles. The molecule has 41 heavy (non-hydrogen) atoms. The molecule has 5 nitrogen and oxygen atoms in total. The van der Waals surface area contributed by atoms with Gasteiger partial charge in [0, 0.05) is 41.6 Å². The van der Waals surface area contributed by atoms with Gasteiger partial charge in [0.1, 0.15) is 0 Å². The maximum Gasteiger partial charge on any atom is 0.251 e. The zero-order valence-electron chi connectivity index (χ0n) is 24.9. The molecule has 2 aromatic carbocycles. The lowest BCUT2D eigenvalue weighted by molar-refractivity contribution is -0.121. The molecule has 0 aromatic heterocycles. The SMILES string of the molecule is CC1(C)CCC(C)(C)c2cc(C(=O)C=Cc3ccc(C(=O)NCCNC(=O)CCCCC4CCSS4)cc3)ccc21. The third kappa shape index (κ3) is 8.74. The van der Waals surface area contributed by atoms with Crippen LogP contribution in [0.15, 0.2) is 48.5 Å². The van der Waals surface area contributed by atoms with Crippen molar-refractivity contribution in [1.29, 1.82) is 0 Å². The molecule has 220 valence electrons. The van der Waals surface area contributed by atoms with Crippen LogP contribution in [0.2, 0.25) is 0 Å². The molecule has 1 atom stereocenters. The Hall–Kier alpha value is -2.51. The summed E-state index contributed by atoms with van der Waals surface area (Å²) in [5.74, 6) is 1.08. The van der Waals surface area contributed by atoms with Gasteiger partial charge in [0.05, 0.1) is 0 Å². The second-order valence-electron chi connectivity index (χ2n) is 12.5. The standard InChI is InChI=1S/C34H44N2O3S2/c1-33(2)18-19-34(3,4)29-23-26(14-15-28(29)33)30(37)16-11-24-9-12-25(13-10-24)32(39)36-21-20-35-31(38)8-6-5-7-27-17-22-40-41-27/h9-16,23,27H,5-8,17-22H2,1-4H3,(H,35,38)(H,36,39). The largest absolute Gasteiger partial charge is 0.354 e. The number of allylic oxidation sites excluding steroid dienone is 1. The van der Waals surface area contributed by atoms with Gasteiger partial charge in [-0.3, -0.25) is 14.4 Å². The molecular weight excluding hydrogens is 549 g/mol. The molecule has 1 saturated heterocycles. The Labute approximate surface area is 253 Å². The first kappa shape index (κ1) is 31.4. The molecule has 0 spiro atoms. The van der Waals surface area contributed by atoms with Gasteiger partial charge >= 0.3 is 0 Å². The summed E-state index contributed by atoms with van der Waals surface area (Å²) >= 11 is 0. The average Bonchev–Trinajstić information content (AvgIpc) is 3.48. The normalized spacial score (nSPS) is 19.1. The van der Waals surface area contributed by atoms with Crippen molar-refractivity contribution in [3.05, 3.63) is 76.4 Å². The molecule has 2 aliphatic rings. The number of benzene rings is 2. The van der Waals surface area contributed by atoms with E-state index in [2.05, 4.69) is 50.5 Å². The van der Waals surface area contributed by atoms with Crippen LogP contribution in [0.4, 0.5) is 0 Å². The molecular formula is C34H44N2O3S2. The van der Waals surface area contributed by atoms with Crippen molar-refractivity contribution >= 4 is 45.3 Å². The highest BCUT2D eigenvalue weighted by molar-refractivity contribution is 8.77. The minimum atomic E-state index is -0.183. The molecule has 4 rings (SSSR count). The van der Waals surface area contributed by atoms with E-state index in [0.717, 1.165) is 36.5 Å². The van der Waals surface area contributed by atoms with Crippen LogP contribution >= 0.6 is 21.6 Å². The lowest BCUT2D eigenvalue weighted by Gasteiger charge is -2.42. The van der Waals surface area contributed by atoms with Gasteiger partial charge < -0.3 is 10.6 Å². The predicted molar refractivity (Wildman–Crippen MR) is 174 cm³/mol. The van der Waals surface area contributed by atoms with Crippen LogP contribution in [0.25, 0.3) is 6.08 Å². The van der Waals surface area contributed by atoms with Crippen LogP contribution in [0.3, 0.4) is 0 Å². The van der Waals surface area contributed by atoms with E-state index in [0.29, 0.717) is 30.6 Å². The van der Waals surface area contributed by atoms with Gasteiger partial charge in [0.2, 0.25) is 5.91 Å². The quantitative estimate of drug-likeness (QED) is 0.116. The molecule has 0 radical (unpaired) electrons. The first-order valence-corrected chi connectivity index (χ1v) is 17.2. The number of carbonyl (C=O) groups excluding carboxylic acids is 3. The number of rotatable bonds is 12. The topological polar surface area (TPSA) is 75.3 Å². The van der Waals surface area contributed by atoms with Crippen LogP contribution < -0.4 is 10.6 Å². The molecule has 1 heterocycles. The van der Waals surface area contributed by atoms with E-state index >= 15 is 0 Å². The number of unbranched alkanes of at least 4 members (excludes halogenated alkanes) is 1. The molecule has 1 aliphatic heterocycles. The highest BCUT2D eigenvalue weighted by atomic mass is 33.1. The fraction of sp³-hybridized carbons (Fsp3) is 0.500. The highest BCUT2D eigenvalue weighted by Crippen LogP contribution is 2.46. The smallest absolute Gasteiger partial charge is 0.251 e. The second kappa shape index (κ2) is 14.1. The summed E-state index contributed by atoms with van der Waals surface area (Å²) in [7, 11) is 3.94. The molecule has 0 saturated carbocycles. The van der Waals surface area contributed by atoms with Crippen molar-refractivity contribution in [3.63, 3.8) is 0 Å². The summed E-state index contributed by atoms with van der Waals surface area (Å²) in [5.41, 5.74) is 4.90. The Morgan fingerprint density at radius 2 is 1.56 bits per heavy atom. The Morgan fingerprint density at radius 3 is 2.27 bits per heavy atom. The number of hydrogen-bond acceptors (Lipinski definition) is 5. The molecule has 2 N–H and O–H groups in total. The van der Waals surface area contributed by atoms with E-state index in [9.17, 15) is 14.4 Å². The molecule has 7 heteroatoms. The predicted octanol–water partition coefficient (Wildman–Crippen LogP) is 7.49. The van der Waals surface area contributed by atoms with E-state index < -0.39 is 0 Å². The first-order valence-electron chi connectivity index (χ1n) is 14.9. The minimum absolute atomic E-state index is 0.0252. The van der Waals surface area contributed by atoms with Gasteiger partial charge in [-0.15, -0.1) is 0 Å². The van der Waals surface area contributed by atoms with Crippen molar-refractivity contribution in [2.24, 2.45) is 0 Å². The van der Waals surface area contributed by atoms with Gasteiger partial charge in [0.25, 0.3) is 5.91 Å². The van der Waals surface area contributed by atoms with Gasteiger partial charge in [-0.1, -0.05) is 86.0 Å². The van der Waals surface area contributed by atoms with E-state index in [1.165, 1.54) is 29.7 Å². The van der Waals surface area contributed by atoms with Crippen molar-refractivity contribution in [2.75, 3.05) is 18.8 Å². The highest BCUT2D eigenvalue weighted by Gasteiger charge is 2.37. The molecule has 1 unspecified atom stereocenters. The van der Waals surface area contributed by atoms with Gasteiger partial charge in [-0.05, 0) is 83.9 Å². The van der Waals surface area contributed by atoms with E-state index in [4.69, 9.17) is 0 Å². The number of ketones is 1. The fourth-order valence-corrected chi connectivity index (χ4v) is 8.57. The van der Waals surface area contributed by atoms with Crippen LogP contribution in [-0.4, -0.2) is 41.7 Å². The number of hydrogen-bond donors (Lipinski definition) is 2. The monoisotopic (exact) mass is 592 g/mol. The second-order valence-corrected chi connectivity index (χ2v) is 15.3. The average molecular weight is 593 g/mol. The van der Waals surface area contributed by atoms with Gasteiger partial charge in [-0.2, -0.15) is 0 Å². The number of amides is 2. The van der Waals surface area contributed by atoms with Crippen LogP contribution in [0.5, 0.6) is 0 Å². The zero-order valence-corrected chi connectivity index (χ0v) is 26.5. The van der Waals surface area contributed by atoms with Crippen LogP contribution in [0.1, 0.15) is 110 Å². The van der Waals surface area contributed by atoms with E-state index in [-0.39, 0.29) is 28.4 Å². The van der Waals surface area contributed by atoms with E-state index in [1.54, 1.807) is 24.3 Å². The third-order valence-corrected chi connectivity index (χ3v) is 11.4. The maximum absolute atomic E-state index is 13.0. The summed E-state index contributed by atoms with van der Waals surface area (Å²) in [6.07, 6.45) is 10.7. The molecule has 0 bridgehead atoms. The fourth-order valence-electron chi connectivity index (χ4n) is 5.55. The summed E-state index contributed by atoms with van der Waals surface area (Å²) < 4.78 is 0. The van der Waals surface area contributed by atoms with Gasteiger partial charge in [-0.25, -0.2) is 0 Å². The van der Waals surface area contributed by atoms with Crippen molar-refractivity contribution in [2.45, 2.75) is 88.7 Å². The van der Waals surface area contributed by atoms with Crippen molar-refractivity contribution in [1.82, 2.24) is 10.6 Å². The Balaban J connectivity index is 1.20. The summed E-state index contributed by atoms with van der Waals surface area (Å²) in [5, 5.41) is 6.50. The Bertz CT molecular complexity index is 1260. The Kier molecular flexibility index (Phi) is 10.8. The first-order chi connectivity index (χ1) is 19.5. The van der Waals surface area contributed by atoms with Crippen LogP contribution in [0, 0.1) is 0 Å². The van der Waals surface area contributed by atoms with Crippen LogP contribution in [-0.2, 0) is 15.6 Å². The molecule has 2 amide bonds. The summed E-state index contributed by atoms with van der Waals surface area (Å²) in [4.78, 5) is 37.5. The lowest BCUT2D eigenvalue weighted by atomic mass is 9.63. The van der Waals surface area contributed by atoms with E-state index in [1.807, 2.05) is 39.8 Å². The molecule has 2 aromatic rings.